The van der Waals surface area contributed by atoms with Crippen LogP contribution in [0.1, 0.15) is 35.2 Å². The standard InChI is InChI=1S/C17H16BrNOS/c1-12(14-9-10-16(18)20-14)19-17(15-8-5-11-21-15)13-6-3-2-4-7-13/h2-12,17,19H,1H3. The molecule has 2 heterocycles. The predicted octanol–water partition coefficient (Wildman–Crippen LogP) is 5.54. The van der Waals surface area contributed by atoms with Gasteiger partial charge < -0.3 is 4.42 Å². The summed E-state index contributed by atoms with van der Waals surface area (Å²) in [6.45, 7) is 2.12. The van der Waals surface area contributed by atoms with Crippen molar-refractivity contribution in [2.75, 3.05) is 0 Å². The van der Waals surface area contributed by atoms with Gasteiger partial charge in [-0.15, -0.1) is 11.3 Å². The maximum absolute atomic E-state index is 5.66. The Hall–Kier alpha value is -1.36. The molecule has 108 valence electrons. The highest BCUT2D eigenvalue weighted by molar-refractivity contribution is 9.10. The fraction of sp³-hybridized carbons (Fsp3) is 0.176. The van der Waals surface area contributed by atoms with E-state index in [4.69, 9.17) is 4.42 Å². The quantitative estimate of drug-likeness (QED) is 0.644. The Morgan fingerprint density at radius 3 is 2.48 bits per heavy atom. The fourth-order valence-electron chi connectivity index (χ4n) is 2.34. The Labute approximate surface area is 136 Å². The summed E-state index contributed by atoms with van der Waals surface area (Å²) in [7, 11) is 0. The average Bonchev–Trinajstić information content (AvgIpc) is 3.17. The lowest BCUT2D eigenvalue weighted by molar-refractivity contribution is 0.403. The Balaban J connectivity index is 1.86. The molecular weight excluding hydrogens is 346 g/mol. The molecule has 0 aliphatic rings. The van der Waals surface area contributed by atoms with E-state index in [-0.39, 0.29) is 12.1 Å². The van der Waals surface area contributed by atoms with Crippen LogP contribution >= 0.6 is 27.3 Å². The maximum Gasteiger partial charge on any atom is 0.169 e. The van der Waals surface area contributed by atoms with Crippen LogP contribution in [0, 0.1) is 0 Å². The van der Waals surface area contributed by atoms with Crippen molar-refractivity contribution in [2.45, 2.75) is 19.0 Å². The molecule has 0 spiro atoms. The molecule has 3 rings (SSSR count). The largest absolute Gasteiger partial charge is 0.453 e. The zero-order chi connectivity index (χ0) is 14.7. The van der Waals surface area contributed by atoms with Crippen molar-refractivity contribution in [2.24, 2.45) is 0 Å². The number of benzene rings is 1. The second kappa shape index (κ2) is 6.60. The highest BCUT2D eigenvalue weighted by Crippen LogP contribution is 2.29. The zero-order valence-corrected chi connectivity index (χ0v) is 14.0. The van der Waals surface area contributed by atoms with Gasteiger partial charge in [-0.1, -0.05) is 36.4 Å². The molecule has 1 aromatic carbocycles. The first kappa shape index (κ1) is 14.6. The summed E-state index contributed by atoms with van der Waals surface area (Å²) in [6.07, 6.45) is 0. The summed E-state index contributed by atoms with van der Waals surface area (Å²) < 4.78 is 6.42. The molecule has 0 saturated carbocycles. The zero-order valence-electron chi connectivity index (χ0n) is 11.6. The summed E-state index contributed by atoms with van der Waals surface area (Å²) in [5, 5.41) is 5.77. The molecule has 2 aromatic heterocycles. The molecule has 2 unspecified atom stereocenters. The van der Waals surface area contributed by atoms with Crippen LogP contribution in [0.3, 0.4) is 0 Å². The van der Waals surface area contributed by atoms with Gasteiger partial charge in [0.25, 0.3) is 0 Å². The summed E-state index contributed by atoms with van der Waals surface area (Å²) in [6, 6.07) is 19.0. The average molecular weight is 362 g/mol. The van der Waals surface area contributed by atoms with E-state index in [1.165, 1.54) is 10.4 Å². The highest BCUT2D eigenvalue weighted by Gasteiger charge is 2.19. The minimum Gasteiger partial charge on any atom is -0.453 e. The smallest absolute Gasteiger partial charge is 0.169 e. The van der Waals surface area contributed by atoms with Gasteiger partial charge in [-0.25, -0.2) is 0 Å². The summed E-state index contributed by atoms with van der Waals surface area (Å²) >= 11 is 5.12. The van der Waals surface area contributed by atoms with E-state index in [0.29, 0.717) is 0 Å². The van der Waals surface area contributed by atoms with Crippen molar-refractivity contribution in [3.05, 3.63) is 80.8 Å². The first-order chi connectivity index (χ1) is 10.2. The molecule has 21 heavy (non-hydrogen) atoms. The van der Waals surface area contributed by atoms with Crippen molar-refractivity contribution < 1.29 is 4.42 Å². The van der Waals surface area contributed by atoms with Crippen LogP contribution in [0.5, 0.6) is 0 Å². The van der Waals surface area contributed by atoms with Gasteiger partial charge in [0, 0.05) is 4.88 Å². The second-order valence-corrected chi connectivity index (χ2v) is 6.65. The number of hydrogen-bond acceptors (Lipinski definition) is 3. The van der Waals surface area contributed by atoms with Crippen LogP contribution in [0.4, 0.5) is 0 Å². The summed E-state index contributed by atoms with van der Waals surface area (Å²) in [5.41, 5.74) is 1.26. The van der Waals surface area contributed by atoms with E-state index in [1.807, 2.05) is 18.2 Å². The first-order valence-electron chi connectivity index (χ1n) is 6.83. The Bertz CT molecular complexity index is 678. The normalized spacial score (nSPS) is 14.0. The van der Waals surface area contributed by atoms with Crippen LogP contribution in [-0.2, 0) is 0 Å². The molecule has 3 aromatic rings. The van der Waals surface area contributed by atoms with E-state index in [0.717, 1.165) is 10.4 Å². The van der Waals surface area contributed by atoms with Crippen molar-refractivity contribution in [1.29, 1.82) is 0 Å². The molecule has 0 bridgehead atoms. The van der Waals surface area contributed by atoms with Crippen molar-refractivity contribution in [1.82, 2.24) is 5.32 Å². The third kappa shape index (κ3) is 3.46. The van der Waals surface area contributed by atoms with Gasteiger partial charge in [0.15, 0.2) is 4.67 Å². The van der Waals surface area contributed by atoms with Gasteiger partial charge in [0.05, 0.1) is 12.1 Å². The topological polar surface area (TPSA) is 25.2 Å². The molecule has 0 aliphatic heterocycles. The van der Waals surface area contributed by atoms with Gasteiger partial charge in [-0.05, 0) is 52.0 Å². The van der Waals surface area contributed by atoms with Crippen LogP contribution in [-0.4, -0.2) is 0 Å². The summed E-state index contributed by atoms with van der Waals surface area (Å²) in [5.74, 6) is 0.930. The van der Waals surface area contributed by atoms with Gasteiger partial charge in [-0.2, -0.15) is 0 Å². The number of thiophene rings is 1. The van der Waals surface area contributed by atoms with E-state index in [1.54, 1.807) is 11.3 Å². The molecule has 0 aliphatic carbocycles. The third-order valence-electron chi connectivity index (χ3n) is 3.40. The summed E-state index contributed by atoms with van der Waals surface area (Å²) in [4.78, 5) is 1.30. The molecule has 2 nitrogen and oxygen atoms in total. The first-order valence-corrected chi connectivity index (χ1v) is 8.51. The Morgan fingerprint density at radius 2 is 1.86 bits per heavy atom. The predicted molar refractivity (Wildman–Crippen MR) is 90.6 cm³/mol. The Morgan fingerprint density at radius 1 is 1.05 bits per heavy atom. The minimum atomic E-state index is 0.128. The molecule has 0 radical (unpaired) electrons. The number of furan rings is 1. The van der Waals surface area contributed by atoms with E-state index >= 15 is 0 Å². The number of nitrogens with one attached hydrogen (secondary N) is 1. The fourth-order valence-corrected chi connectivity index (χ4v) is 3.47. The van der Waals surface area contributed by atoms with Crippen LogP contribution < -0.4 is 5.32 Å². The van der Waals surface area contributed by atoms with Gasteiger partial charge in [-0.3, -0.25) is 5.32 Å². The third-order valence-corrected chi connectivity index (χ3v) is 4.76. The molecule has 0 saturated heterocycles. The van der Waals surface area contributed by atoms with E-state index in [9.17, 15) is 0 Å². The minimum absolute atomic E-state index is 0.128. The van der Waals surface area contributed by atoms with Crippen molar-refractivity contribution in [3.8, 4) is 0 Å². The van der Waals surface area contributed by atoms with Gasteiger partial charge >= 0.3 is 0 Å². The molecule has 2 atom stereocenters. The van der Waals surface area contributed by atoms with Gasteiger partial charge in [0.2, 0.25) is 0 Å². The highest BCUT2D eigenvalue weighted by atomic mass is 79.9. The molecule has 4 heteroatoms. The molecule has 0 amide bonds. The molecule has 0 fully saturated rings. The van der Waals surface area contributed by atoms with Crippen LogP contribution in [0.2, 0.25) is 0 Å². The SMILES string of the molecule is CC(NC(c1ccccc1)c1cccs1)c1ccc(Br)o1. The monoisotopic (exact) mass is 361 g/mol. The van der Waals surface area contributed by atoms with Gasteiger partial charge in [0.1, 0.15) is 5.76 Å². The Kier molecular flexibility index (Phi) is 4.58. The number of rotatable bonds is 5. The molecular formula is C17H16BrNOS. The van der Waals surface area contributed by atoms with Crippen LogP contribution in [0.25, 0.3) is 0 Å². The lowest BCUT2D eigenvalue weighted by Crippen LogP contribution is -2.24. The maximum atomic E-state index is 5.66. The lowest BCUT2D eigenvalue weighted by atomic mass is 10.0. The molecule has 1 N–H and O–H groups in total. The van der Waals surface area contributed by atoms with Crippen molar-refractivity contribution in [3.63, 3.8) is 0 Å². The lowest BCUT2D eigenvalue weighted by Gasteiger charge is -2.22. The van der Waals surface area contributed by atoms with E-state index in [2.05, 4.69) is 69.9 Å². The number of hydrogen-bond donors (Lipinski definition) is 1. The van der Waals surface area contributed by atoms with E-state index < -0.39 is 0 Å². The number of halogens is 1. The van der Waals surface area contributed by atoms with Crippen LogP contribution in [0.15, 0.2) is 69.1 Å². The second-order valence-electron chi connectivity index (χ2n) is 4.89. The van der Waals surface area contributed by atoms with Crippen molar-refractivity contribution >= 4 is 27.3 Å².